The van der Waals surface area contributed by atoms with Gasteiger partial charge in [-0.1, -0.05) is 0 Å². The highest BCUT2D eigenvalue weighted by molar-refractivity contribution is 5.13. The van der Waals surface area contributed by atoms with E-state index in [1.165, 1.54) is 0 Å². The second kappa shape index (κ2) is 54.6. The molecule has 586 valence electrons. The van der Waals surface area contributed by atoms with Crippen LogP contribution in [0.2, 0.25) is 0 Å². The Morgan fingerprint density at radius 3 is 0.453 bits per heavy atom. The van der Waals surface area contributed by atoms with Crippen molar-refractivity contribution in [2.45, 2.75) is 156 Å². The number of rotatable bonds is 51. The van der Waals surface area contributed by atoms with Crippen molar-refractivity contribution >= 4 is 0 Å². The highest BCUT2D eigenvalue weighted by Crippen LogP contribution is 2.19. The molecule has 0 atom stereocenters. The Hall–Kier alpha value is -7.92. The summed E-state index contributed by atoms with van der Waals surface area (Å²) >= 11 is 0. The van der Waals surface area contributed by atoms with Crippen LogP contribution in [-0.4, -0.2) is 144 Å². The molecule has 0 amide bonds. The van der Waals surface area contributed by atoms with E-state index in [-0.39, 0.29) is 66.1 Å². The summed E-state index contributed by atoms with van der Waals surface area (Å²) in [4.78, 5) is 0. The maximum atomic E-state index is 8.84. The van der Waals surface area contributed by atoms with Crippen LogP contribution >= 0.6 is 0 Å². The van der Waals surface area contributed by atoms with Crippen molar-refractivity contribution in [3.05, 3.63) is 237 Å². The van der Waals surface area contributed by atoms with Crippen LogP contribution in [0.1, 0.15) is 141 Å². The van der Waals surface area contributed by atoms with Gasteiger partial charge in [0.2, 0.25) is 0 Å². The molecule has 0 unspecified atom stereocenters. The fourth-order valence-electron chi connectivity index (χ4n) is 9.59. The molecule has 0 saturated carbocycles. The molecule has 0 aliphatic carbocycles. The average Bonchev–Trinajstić information content (AvgIpc) is 1.79. The van der Waals surface area contributed by atoms with Crippen molar-refractivity contribution in [3.8, 4) is 0 Å². The topological polar surface area (TPSA) is 408 Å². The summed E-state index contributed by atoms with van der Waals surface area (Å²) in [5, 5.41) is 87.9. The van der Waals surface area contributed by atoms with Crippen LogP contribution < -0.4 is 0 Å². The van der Waals surface area contributed by atoms with Gasteiger partial charge in [-0.3, -0.25) is 0 Å². The van der Waals surface area contributed by atoms with Gasteiger partial charge in [0.05, 0.1) is 66.1 Å². The van der Waals surface area contributed by atoms with Gasteiger partial charge in [-0.25, -0.2) is 0 Å². The third-order valence-corrected chi connectivity index (χ3v) is 14.8. The van der Waals surface area contributed by atoms with Crippen LogP contribution in [0.5, 0.6) is 0 Å². The SMILES string of the molecule is OCCCc1ccc(COCCOCc2ccc(CCCO)o2)o1.OCCCc1ccc(COCc2ccc(CCCO)o2)o1.OCCc1ccc(COCCOCc2ccc(CCO)o2)o1.OCCc1ccc(COCc2ccc(CCO)o2)o1.OCc1ccc(COCCOCc2ccc(CO)o2)o1. The summed E-state index contributed by atoms with van der Waals surface area (Å²) in [5.41, 5.74) is 0. The van der Waals surface area contributed by atoms with Gasteiger partial charge < -0.3 is 133 Å². The van der Waals surface area contributed by atoms with E-state index in [4.69, 9.17) is 133 Å². The van der Waals surface area contributed by atoms with Crippen LogP contribution in [0.4, 0.5) is 0 Å². The van der Waals surface area contributed by atoms with Crippen LogP contribution in [0.15, 0.2) is 165 Å². The third-order valence-electron chi connectivity index (χ3n) is 14.8. The zero-order valence-corrected chi connectivity index (χ0v) is 60.2. The number of aryl methyl sites for hydroxylation is 4. The van der Waals surface area contributed by atoms with Crippen molar-refractivity contribution in [3.63, 3.8) is 0 Å². The van der Waals surface area contributed by atoms with Crippen LogP contribution in [-0.2, 0) is 169 Å². The van der Waals surface area contributed by atoms with Crippen molar-refractivity contribution < 1.29 is 133 Å². The van der Waals surface area contributed by atoms with Gasteiger partial charge in [0.15, 0.2) is 0 Å². The number of aliphatic hydroxyl groups excluding tert-OH is 10. The van der Waals surface area contributed by atoms with Gasteiger partial charge in [-0.05, 0) is 147 Å². The molecule has 106 heavy (non-hydrogen) atoms. The highest BCUT2D eigenvalue weighted by Gasteiger charge is 2.11. The fraction of sp³-hybridized carbons (Fsp3) is 0.487. The lowest BCUT2D eigenvalue weighted by molar-refractivity contribution is 0.0225. The van der Waals surface area contributed by atoms with Gasteiger partial charge in [0.25, 0.3) is 0 Å². The van der Waals surface area contributed by atoms with E-state index in [0.717, 1.165) is 118 Å². The van der Waals surface area contributed by atoms with Crippen LogP contribution in [0, 0.1) is 0 Å². The smallest absolute Gasteiger partial charge is 0.129 e. The maximum absolute atomic E-state index is 8.84. The van der Waals surface area contributed by atoms with Crippen LogP contribution in [0.3, 0.4) is 0 Å². The first kappa shape index (κ1) is 87.0. The van der Waals surface area contributed by atoms with E-state index in [1.54, 1.807) is 24.3 Å². The third kappa shape index (κ3) is 37.1. The summed E-state index contributed by atoms with van der Waals surface area (Å²) < 4.78 is 98.4. The summed E-state index contributed by atoms with van der Waals surface area (Å²) in [6.45, 7) is 7.31. The predicted octanol–water partition coefficient (Wildman–Crippen LogP) is 9.82. The minimum absolute atomic E-state index is 0.0772. The molecule has 10 heterocycles. The number of ether oxygens (including phenoxy) is 8. The highest BCUT2D eigenvalue weighted by atomic mass is 16.6. The Morgan fingerprint density at radius 1 is 0.160 bits per heavy atom. The molecule has 10 aromatic heterocycles. The standard InChI is InChI=1S/C18H26O6.C16H22O6.C16H22O5.C14H18O6.C14H18O5/c19-9-1-3-15-5-7-17(23-15)13-21-11-12-22-14-18-8-6-16(24-18)4-2-10-20;17-7-5-13-1-3-15(21-13)11-19-9-10-20-12-16-4-2-14(22-16)6-8-18;17-9-1-3-13-5-7-15(20-13)11-19-12-16-8-6-14(21-16)4-2-10-18;15-7-11-1-3-13(19-11)9-17-5-6-18-10-14-4-2-12(8-16)20-14;15-7-5-11-1-3-13(18-11)9-17-10-14-4-2-12(19-14)6-8-16/h5-8,19-20H,1-4,9-14H2;1-4,17-18H,5-12H2;5-8,17-18H,1-4,9-12H2;1-4,15-16H,5-10H2;1-4,15-16H,5-10H2. The van der Waals surface area contributed by atoms with Gasteiger partial charge in [0, 0.05) is 77.8 Å². The number of hydrogen-bond donors (Lipinski definition) is 10. The molecular formula is C78H106O28. The first-order valence-corrected chi connectivity index (χ1v) is 35.5. The molecule has 10 aromatic rings. The molecule has 0 spiro atoms. The van der Waals surface area contributed by atoms with Gasteiger partial charge in [-0.15, -0.1) is 0 Å². The van der Waals surface area contributed by atoms with Crippen molar-refractivity contribution in [1.82, 2.24) is 0 Å². The fourth-order valence-corrected chi connectivity index (χ4v) is 9.59. The van der Waals surface area contributed by atoms with Crippen molar-refractivity contribution in [2.24, 2.45) is 0 Å². The Balaban J connectivity index is 0.000000208. The minimum atomic E-state index is -0.109. The second-order valence-corrected chi connectivity index (χ2v) is 23.5. The van der Waals surface area contributed by atoms with Crippen molar-refractivity contribution in [2.75, 3.05) is 92.5 Å². The van der Waals surface area contributed by atoms with E-state index in [2.05, 4.69) is 0 Å². The van der Waals surface area contributed by atoms with E-state index >= 15 is 0 Å². The molecule has 28 nitrogen and oxygen atoms in total. The number of furan rings is 10. The normalized spacial score (nSPS) is 11.2. The molecule has 28 heteroatoms. The van der Waals surface area contributed by atoms with Crippen LogP contribution in [0.25, 0.3) is 0 Å². The Kier molecular flexibility index (Phi) is 44.8. The molecule has 0 fully saturated rings. The molecular weight excluding hydrogens is 1380 g/mol. The summed E-state index contributed by atoms with van der Waals surface area (Å²) in [5.74, 6) is 14.9. The van der Waals surface area contributed by atoms with Gasteiger partial charge in [-0.2, -0.15) is 0 Å². The van der Waals surface area contributed by atoms with Crippen molar-refractivity contribution in [1.29, 1.82) is 0 Å². The first-order valence-electron chi connectivity index (χ1n) is 35.5. The lowest BCUT2D eigenvalue weighted by Gasteiger charge is -2.03. The molecule has 10 N–H and O–H groups in total. The number of hydrogen-bond acceptors (Lipinski definition) is 28. The summed E-state index contributed by atoms with van der Waals surface area (Å²) in [6.07, 6.45) is 7.85. The molecule has 0 aliphatic rings. The van der Waals surface area contributed by atoms with E-state index in [0.29, 0.717) is 180 Å². The van der Waals surface area contributed by atoms with E-state index in [1.807, 2.05) is 97.1 Å². The molecule has 0 bridgehead atoms. The molecule has 0 saturated heterocycles. The monoisotopic (exact) mass is 1490 g/mol. The van der Waals surface area contributed by atoms with Gasteiger partial charge in [0.1, 0.15) is 194 Å². The summed E-state index contributed by atoms with van der Waals surface area (Å²) in [6, 6.07) is 36.9. The second-order valence-electron chi connectivity index (χ2n) is 23.5. The summed E-state index contributed by atoms with van der Waals surface area (Å²) in [7, 11) is 0. The number of aliphatic hydroxyl groups is 10. The lowest BCUT2D eigenvalue weighted by Crippen LogP contribution is -2.04. The zero-order chi connectivity index (χ0) is 75.3. The Bertz CT molecular complexity index is 3460. The zero-order valence-electron chi connectivity index (χ0n) is 60.2. The maximum Gasteiger partial charge on any atom is 0.129 e. The molecule has 10 rings (SSSR count). The molecule has 0 aliphatic heterocycles. The lowest BCUT2D eigenvalue weighted by atomic mass is 10.3. The predicted molar refractivity (Wildman–Crippen MR) is 379 cm³/mol. The minimum Gasteiger partial charge on any atom is -0.464 e. The quantitative estimate of drug-likeness (QED) is 0.0158. The Morgan fingerprint density at radius 2 is 0.302 bits per heavy atom. The van der Waals surface area contributed by atoms with E-state index in [9.17, 15) is 0 Å². The largest absolute Gasteiger partial charge is 0.464 e. The first-order chi connectivity index (χ1) is 52.1. The average molecular weight is 1490 g/mol. The Labute approximate surface area is 616 Å². The van der Waals surface area contributed by atoms with E-state index < -0.39 is 0 Å². The molecule has 0 aromatic carbocycles. The molecule has 0 radical (unpaired) electrons. The van der Waals surface area contributed by atoms with Gasteiger partial charge >= 0.3 is 0 Å².